The van der Waals surface area contributed by atoms with E-state index < -0.39 is 12.0 Å². The molecular weight excluding hydrogens is 831 g/mol. The fourth-order valence-corrected chi connectivity index (χ4v) is 8.09. The Morgan fingerprint density at radius 3 is 1.68 bits per heavy atom. The van der Waals surface area contributed by atoms with Gasteiger partial charge in [0.05, 0.1) is 73.7 Å². The van der Waals surface area contributed by atoms with E-state index >= 15 is 0 Å². The van der Waals surface area contributed by atoms with Crippen molar-refractivity contribution in [2.24, 2.45) is 5.92 Å². The van der Waals surface area contributed by atoms with Gasteiger partial charge in [-0.05, 0) is 125 Å². The number of ether oxygens (including phenoxy) is 2. The van der Waals surface area contributed by atoms with E-state index in [-0.39, 0.29) is 43.0 Å². The van der Waals surface area contributed by atoms with E-state index in [4.69, 9.17) is 9.47 Å². The molecule has 4 unspecified atom stereocenters. The van der Waals surface area contributed by atoms with Crippen LogP contribution in [0, 0.1) is 31.4 Å². The van der Waals surface area contributed by atoms with Crippen LogP contribution in [0.5, 0.6) is 11.5 Å². The first-order valence-electron chi connectivity index (χ1n) is 21.4. The molecular formula is C51H60F2N6O6. The van der Waals surface area contributed by atoms with E-state index in [0.29, 0.717) is 42.0 Å². The van der Waals surface area contributed by atoms with Gasteiger partial charge in [-0.15, -0.1) is 0 Å². The third-order valence-electron chi connectivity index (χ3n) is 11.8. The molecule has 4 atom stereocenters. The minimum atomic E-state index is -0.946. The second-order valence-electron chi connectivity index (χ2n) is 16.0. The van der Waals surface area contributed by atoms with Gasteiger partial charge in [-0.25, -0.2) is 18.7 Å². The van der Waals surface area contributed by atoms with E-state index in [1.54, 1.807) is 74.2 Å². The normalized spacial score (nSPS) is 16.2. The van der Waals surface area contributed by atoms with Crippen molar-refractivity contribution in [1.82, 2.24) is 28.9 Å². The van der Waals surface area contributed by atoms with Gasteiger partial charge in [0.25, 0.3) is 0 Å². The van der Waals surface area contributed by atoms with Gasteiger partial charge in [0.2, 0.25) is 11.8 Å². The number of hydrogen-bond acceptors (Lipinski definition) is 8. The lowest BCUT2D eigenvalue weighted by atomic mass is 9.86. The average molecular weight is 891 g/mol. The molecule has 12 nitrogen and oxygen atoms in total. The number of aldehydes is 1. The third kappa shape index (κ3) is 12.1. The molecule has 0 bridgehead atoms. The number of aromatic nitrogens is 4. The van der Waals surface area contributed by atoms with Gasteiger partial charge in [-0.2, -0.15) is 0 Å². The van der Waals surface area contributed by atoms with E-state index in [9.17, 15) is 28.3 Å². The Labute approximate surface area is 380 Å². The van der Waals surface area contributed by atoms with Crippen LogP contribution >= 0.6 is 0 Å². The maximum Gasteiger partial charge on any atom is 0.229 e. The largest absolute Gasteiger partial charge is 0.495 e. The zero-order valence-electron chi connectivity index (χ0n) is 37.2. The zero-order valence-corrected chi connectivity index (χ0v) is 37.2. The van der Waals surface area contributed by atoms with E-state index in [1.807, 2.05) is 72.3 Å². The number of aliphatic hydroxyl groups excluding tert-OH is 1. The fraction of sp³-hybridized carbons (Fsp3) is 0.353. The third-order valence-corrected chi connectivity index (χ3v) is 11.8. The standard InChI is InChI=1S/C25H28FN3O3.C13H16FNO.C12H12N2O2.CH4/c1-16-14-28(15-27-16)22-11-8-19(13-23(22)32-3)24(30)21-5-4-12-29(25(21)31)17(2)18-6-9-20(26)10-7-18;1-10(11-5-7-12(14)8-6-11)15-9-3-2-4-13(15)16;1-9-6-14(8-13-9)11-4-3-10(7-15)5-12(11)16-2;/h6-11,13-15,17,21,24,30H,4-5,12H2,1-3H3;5-8,10H,2-4,9H2,1H3;3-8H,1-2H3;1H4. The van der Waals surface area contributed by atoms with Crippen LogP contribution in [0.2, 0.25) is 0 Å². The van der Waals surface area contributed by atoms with Crippen LogP contribution in [-0.4, -0.2) is 79.4 Å². The molecule has 0 radical (unpaired) electrons. The Morgan fingerprint density at radius 1 is 0.692 bits per heavy atom. The van der Waals surface area contributed by atoms with Crippen LogP contribution < -0.4 is 9.47 Å². The van der Waals surface area contributed by atoms with Crippen LogP contribution in [0.4, 0.5) is 8.78 Å². The summed E-state index contributed by atoms with van der Waals surface area (Å²) in [6.45, 7) is 9.19. The molecule has 2 aromatic heterocycles. The monoisotopic (exact) mass is 890 g/mol. The second-order valence-corrected chi connectivity index (χ2v) is 16.0. The number of aliphatic hydroxyl groups is 1. The number of nitrogens with zero attached hydrogens (tertiary/aromatic N) is 6. The molecule has 0 saturated carbocycles. The summed E-state index contributed by atoms with van der Waals surface area (Å²) in [5.74, 6) is 0.291. The summed E-state index contributed by atoms with van der Waals surface area (Å²) in [5.41, 5.74) is 6.60. The molecule has 344 valence electrons. The SMILES string of the molecule is C.CC(c1ccc(F)cc1)N1CCCCC1=O.COc1cc(C(O)C2CCCN(C(C)c3ccc(F)cc3)C2=O)ccc1-n1cnc(C)c1.COc1cc(C=O)ccc1-n1cnc(C)c1. The molecule has 65 heavy (non-hydrogen) atoms. The van der Waals surface area contributed by atoms with Crippen molar-refractivity contribution in [2.45, 2.75) is 85.4 Å². The van der Waals surface area contributed by atoms with Crippen LogP contribution in [0.15, 0.2) is 110 Å². The number of methoxy groups -OCH3 is 2. The maximum absolute atomic E-state index is 13.3. The number of amides is 2. The summed E-state index contributed by atoms with van der Waals surface area (Å²) in [6.07, 6.45) is 11.2. The second kappa shape index (κ2) is 22.8. The van der Waals surface area contributed by atoms with Crippen LogP contribution in [-0.2, 0) is 9.59 Å². The number of aryl methyl sites for hydroxylation is 2. The highest BCUT2D eigenvalue weighted by Crippen LogP contribution is 2.37. The molecule has 2 amide bonds. The molecule has 2 saturated heterocycles. The number of imidazole rings is 2. The van der Waals surface area contributed by atoms with E-state index in [0.717, 1.165) is 66.0 Å². The predicted molar refractivity (Wildman–Crippen MR) is 246 cm³/mol. The highest BCUT2D eigenvalue weighted by Gasteiger charge is 2.37. The molecule has 6 aromatic rings. The molecule has 4 aromatic carbocycles. The Hall–Kier alpha value is -6.67. The van der Waals surface area contributed by atoms with Crippen molar-refractivity contribution in [3.8, 4) is 22.9 Å². The Balaban J connectivity index is 0.000000202. The Kier molecular flexibility index (Phi) is 17.3. The van der Waals surface area contributed by atoms with Crippen LogP contribution in [0.1, 0.15) is 110 Å². The number of likely N-dealkylation sites (tertiary alicyclic amines) is 2. The lowest BCUT2D eigenvalue weighted by Gasteiger charge is -2.38. The number of carbonyl (C=O) groups excluding carboxylic acids is 3. The van der Waals surface area contributed by atoms with Gasteiger partial charge in [-0.1, -0.05) is 37.8 Å². The van der Waals surface area contributed by atoms with Crippen molar-refractivity contribution in [3.63, 3.8) is 0 Å². The van der Waals surface area contributed by atoms with E-state index in [1.165, 1.54) is 24.3 Å². The first kappa shape index (κ1) is 49.3. The number of hydrogen-bond donors (Lipinski definition) is 1. The van der Waals surface area contributed by atoms with Gasteiger partial charge in [-0.3, -0.25) is 14.4 Å². The first-order chi connectivity index (χ1) is 30.8. The smallest absolute Gasteiger partial charge is 0.229 e. The molecule has 2 fully saturated rings. The minimum absolute atomic E-state index is 0. The molecule has 2 aliphatic rings. The highest BCUT2D eigenvalue weighted by atomic mass is 19.1. The van der Waals surface area contributed by atoms with E-state index in [2.05, 4.69) is 9.97 Å². The molecule has 0 spiro atoms. The molecule has 0 aliphatic carbocycles. The summed E-state index contributed by atoms with van der Waals surface area (Å²) in [7, 11) is 3.16. The minimum Gasteiger partial charge on any atom is -0.495 e. The quantitative estimate of drug-likeness (QED) is 0.127. The molecule has 2 aliphatic heterocycles. The van der Waals surface area contributed by atoms with Gasteiger partial charge < -0.3 is 33.5 Å². The lowest BCUT2D eigenvalue weighted by Crippen LogP contribution is -2.44. The van der Waals surface area contributed by atoms with Gasteiger partial charge >= 0.3 is 0 Å². The fourth-order valence-electron chi connectivity index (χ4n) is 8.09. The summed E-state index contributed by atoms with van der Waals surface area (Å²) in [6, 6.07) is 23.2. The summed E-state index contributed by atoms with van der Waals surface area (Å²) in [5, 5.41) is 11.1. The van der Waals surface area contributed by atoms with Crippen molar-refractivity contribution in [3.05, 3.63) is 155 Å². The average Bonchev–Trinajstić information content (AvgIpc) is 3.96. The first-order valence-corrected chi connectivity index (χ1v) is 21.4. The molecule has 1 N–H and O–H groups in total. The number of halogens is 2. The summed E-state index contributed by atoms with van der Waals surface area (Å²) >= 11 is 0. The van der Waals surface area contributed by atoms with Gasteiger partial charge in [0.1, 0.15) is 29.4 Å². The number of rotatable bonds is 11. The molecule has 14 heteroatoms. The highest BCUT2D eigenvalue weighted by molar-refractivity contribution is 5.81. The molecule has 4 heterocycles. The summed E-state index contributed by atoms with van der Waals surface area (Å²) in [4.78, 5) is 47.8. The van der Waals surface area contributed by atoms with Crippen molar-refractivity contribution < 1.29 is 37.7 Å². The number of benzene rings is 4. The van der Waals surface area contributed by atoms with Crippen molar-refractivity contribution >= 4 is 18.1 Å². The Bertz CT molecular complexity index is 2510. The number of piperidine rings is 2. The Morgan fingerprint density at radius 2 is 1.18 bits per heavy atom. The lowest BCUT2D eigenvalue weighted by molar-refractivity contribution is -0.145. The van der Waals surface area contributed by atoms with Crippen molar-refractivity contribution in [1.29, 1.82) is 0 Å². The number of carbonyl (C=O) groups is 3. The van der Waals surface area contributed by atoms with Gasteiger partial charge in [0.15, 0.2) is 0 Å². The zero-order chi connectivity index (χ0) is 45.9. The summed E-state index contributed by atoms with van der Waals surface area (Å²) < 4.78 is 40.6. The van der Waals surface area contributed by atoms with Crippen molar-refractivity contribution in [2.75, 3.05) is 27.3 Å². The molecule has 8 rings (SSSR count). The van der Waals surface area contributed by atoms with Crippen LogP contribution in [0.25, 0.3) is 11.4 Å². The maximum atomic E-state index is 13.3. The van der Waals surface area contributed by atoms with Crippen LogP contribution in [0.3, 0.4) is 0 Å². The topological polar surface area (TPSA) is 132 Å². The van der Waals surface area contributed by atoms with Gasteiger partial charge in [0, 0.05) is 37.5 Å². The predicted octanol–water partition coefficient (Wildman–Crippen LogP) is 9.90.